The molecule has 1 aliphatic heterocycles. The Kier molecular flexibility index (Phi) is 2.46. The van der Waals surface area contributed by atoms with Gasteiger partial charge in [0.25, 0.3) is 0 Å². The molecular formula is C12H14O. The minimum absolute atomic E-state index is 0.255. The van der Waals surface area contributed by atoms with Crippen molar-refractivity contribution in [3.8, 4) is 0 Å². The molecule has 0 aliphatic carbocycles. The normalized spacial score (nSPS) is 27.4. The van der Waals surface area contributed by atoms with Crippen LogP contribution in [0.15, 0.2) is 43.0 Å². The molecule has 0 radical (unpaired) electrons. The van der Waals surface area contributed by atoms with Gasteiger partial charge in [-0.05, 0) is 12.0 Å². The lowest BCUT2D eigenvalue weighted by Gasteiger charge is -2.06. The van der Waals surface area contributed by atoms with Crippen LogP contribution < -0.4 is 0 Å². The summed E-state index contributed by atoms with van der Waals surface area (Å²) in [4.78, 5) is 0. The molecule has 0 amide bonds. The van der Waals surface area contributed by atoms with E-state index >= 15 is 0 Å². The fraction of sp³-hybridized carbons (Fsp3) is 0.333. The molecule has 1 nitrogen and oxygen atoms in total. The molecule has 1 saturated heterocycles. The van der Waals surface area contributed by atoms with Gasteiger partial charge in [0.2, 0.25) is 0 Å². The Bertz CT molecular complexity index is 278. The molecule has 68 valence electrons. The van der Waals surface area contributed by atoms with Crippen LogP contribution in [0.25, 0.3) is 0 Å². The molecule has 13 heavy (non-hydrogen) atoms. The molecule has 0 aromatic heterocycles. The average molecular weight is 174 g/mol. The second-order valence-electron chi connectivity index (χ2n) is 3.45. The maximum atomic E-state index is 5.55. The van der Waals surface area contributed by atoms with E-state index in [1.165, 1.54) is 5.56 Å². The molecule has 0 spiro atoms. The fourth-order valence-electron chi connectivity index (χ4n) is 1.78. The van der Waals surface area contributed by atoms with E-state index in [0.29, 0.717) is 5.92 Å². The van der Waals surface area contributed by atoms with Crippen LogP contribution in [0.1, 0.15) is 17.9 Å². The molecule has 1 heterocycles. The van der Waals surface area contributed by atoms with E-state index in [1.807, 2.05) is 12.1 Å². The van der Waals surface area contributed by atoms with E-state index in [2.05, 4.69) is 30.8 Å². The van der Waals surface area contributed by atoms with Gasteiger partial charge < -0.3 is 4.74 Å². The van der Waals surface area contributed by atoms with E-state index in [4.69, 9.17) is 4.74 Å². The SMILES string of the molecule is C=C[C@H]1C[C@@H](c2ccccc2)CO1. The van der Waals surface area contributed by atoms with Crippen molar-refractivity contribution in [2.24, 2.45) is 0 Å². The van der Waals surface area contributed by atoms with Gasteiger partial charge in [-0.15, -0.1) is 6.58 Å². The van der Waals surface area contributed by atoms with Gasteiger partial charge in [0, 0.05) is 5.92 Å². The number of benzene rings is 1. The predicted octanol–water partition coefficient (Wildman–Crippen LogP) is 2.75. The number of ether oxygens (including phenoxy) is 1. The summed E-state index contributed by atoms with van der Waals surface area (Å²) < 4.78 is 5.55. The molecule has 1 aliphatic rings. The lowest BCUT2D eigenvalue weighted by molar-refractivity contribution is 0.143. The summed E-state index contributed by atoms with van der Waals surface area (Å²) in [5, 5.41) is 0. The van der Waals surface area contributed by atoms with E-state index < -0.39 is 0 Å². The van der Waals surface area contributed by atoms with Gasteiger partial charge in [-0.1, -0.05) is 36.4 Å². The summed E-state index contributed by atoms with van der Waals surface area (Å²) >= 11 is 0. The summed E-state index contributed by atoms with van der Waals surface area (Å²) in [5.74, 6) is 0.559. The Labute approximate surface area is 79.0 Å². The Morgan fingerprint density at radius 3 is 2.69 bits per heavy atom. The summed E-state index contributed by atoms with van der Waals surface area (Å²) in [6.45, 7) is 4.58. The third-order valence-electron chi connectivity index (χ3n) is 2.56. The third-order valence-corrected chi connectivity index (χ3v) is 2.56. The molecule has 0 saturated carbocycles. The summed E-state index contributed by atoms with van der Waals surface area (Å²) in [6.07, 6.45) is 3.22. The Hall–Kier alpha value is -1.08. The smallest absolute Gasteiger partial charge is 0.0760 e. The van der Waals surface area contributed by atoms with Crippen LogP contribution in [-0.4, -0.2) is 12.7 Å². The molecule has 2 rings (SSSR count). The summed E-state index contributed by atoms with van der Waals surface area (Å²) in [5.41, 5.74) is 1.38. The van der Waals surface area contributed by atoms with Crippen molar-refractivity contribution in [3.05, 3.63) is 48.6 Å². The first-order chi connectivity index (χ1) is 6.40. The molecule has 0 unspecified atom stereocenters. The van der Waals surface area contributed by atoms with Gasteiger partial charge in [0.05, 0.1) is 12.7 Å². The highest BCUT2D eigenvalue weighted by atomic mass is 16.5. The first-order valence-electron chi connectivity index (χ1n) is 4.69. The van der Waals surface area contributed by atoms with Crippen LogP contribution in [0.5, 0.6) is 0 Å². The highest BCUT2D eigenvalue weighted by Gasteiger charge is 2.23. The van der Waals surface area contributed by atoms with Crippen molar-refractivity contribution in [1.29, 1.82) is 0 Å². The summed E-state index contributed by atoms with van der Waals surface area (Å²) in [6, 6.07) is 10.5. The zero-order valence-corrected chi connectivity index (χ0v) is 7.65. The Balaban J connectivity index is 2.08. The van der Waals surface area contributed by atoms with Crippen LogP contribution in [0.3, 0.4) is 0 Å². The van der Waals surface area contributed by atoms with Crippen molar-refractivity contribution < 1.29 is 4.74 Å². The van der Waals surface area contributed by atoms with Crippen molar-refractivity contribution in [3.63, 3.8) is 0 Å². The van der Waals surface area contributed by atoms with Crippen LogP contribution >= 0.6 is 0 Å². The zero-order chi connectivity index (χ0) is 9.10. The van der Waals surface area contributed by atoms with Gasteiger partial charge >= 0.3 is 0 Å². The van der Waals surface area contributed by atoms with E-state index in [-0.39, 0.29) is 6.10 Å². The Morgan fingerprint density at radius 1 is 1.31 bits per heavy atom. The number of rotatable bonds is 2. The first-order valence-corrected chi connectivity index (χ1v) is 4.69. The first kappa shape index (κ1) is 8.52. The quantitative estimate of drug-likeness (QED) is 0.626. The van der Waals surface area contributed by atoms with Crippen LogP contribution in [0, 0.1) is 0 Å². The molecule has 1 heteroatoms. The highest BCUT2D eigenvalue weighted by Crippen LogP contribution is 2.29. The van der Waals surface area contributed by atoms with Crippen molar-refractivity contribution in [2.45, 2.75) is 18.4 Å². The Morgan fingerprint density at radius 2 is 2.08 bits per heavy atom. The average Bonchev–Trinajstić information content (AvgIpc) is 2.67. The van der Waals surface area contributed by atoms with E-state index in [1.54, 1.807) is 0 Å². The molecular weight excluding hydrogens is 160 g/mol. The number of hydrogen-bond donors (Lipinski definition) is 0. The maximum absolute atomic E-state index is 5.55. The van der Waals surface area contributed by atoms with Gasteiger partial charge in [0.15, 0.2) is 0 Å². The van der Waals surface area contributed by atoms with Crippen LogP contribution in [-0.2, 0) is 4.74 Å². The molecule has 2 atom stereocenters. The van der Waals surface area contributed by atoms with Gasteiger partial charge in [-0.3, -0.25) is 0 Å². The van der Waals surface area contributed by atoms with Gasteiger partial charge in [-0.25, -0.2) is 0 Å². The molecule has 0 bridgehead atoms. The lowest BCUT2D eigenvalue weighted by atomic mass is 9.96. The van der Waals surface area contributed by atoms with Gasteiger partial charge in [-0.2, -0.15) is 0 Å². The lowest BCUT2D eigenvalue weighted by Crippen LogP contribution is -1.98. The summed E-state index contributed by atoms with van der Waals surface area (Å²) in [7, 11) is 0. The van der Waals surface area contributed by atoms with E-state index in [9.17, 15) is 0 Å². The topological polar surface area (TPSA) is 9.23 Å². The highest BCUT2D eigenvalue weighted by molar-refractivity contribution is 5.21. The largest absolute Gasteiger partial charge is 0.374 e. The maximum Gasteiger partial charge on any atom is 0.0760 e. The third kappa shape index (κ3) is 1.81. The van der Waals surface area contributed by atoms with Crippen molar-refractivity contribution >= 4 is 0 Å². The molecule has 1 aromatic rings. The van der Waals surface area contributed by atoms with Gasteiger partial charge in [0.1, 0.15) is 0 Å². The molecule has 1 fully saturated rings. The minimum Gasteiger partial charge on any atom is -0.374 e. The molecule has 1 aromatic carbocycles. The molecule has 0 N–H and O–H groups in total. The second-order valence-corrected chi connectivity index (χ2v) is 3.45. The van der Waals surface area contributed by atoms with E-state index in [0.717, 1.165) is 13.0 Å². The monoisotopic (exact) mass is 174 g/mol. The number of hydrogen-bond acceptors (Lipinski definition) is 1. The van der Waals surface area contributed by atoms with Crippen LogP contribution in [0.4, 0.5) is 0 Å². The second kappa shape index (κ2) is 3.75. The fourth-order valence-corrected chi connectivity index (χ4v) is 1.78. The predicted molar refractivity (Wildman–Crippen MR) is 53.7 cm³/mol. The standard InChI is InChI=1S/C12H14O/c1-2-12-8-11(9-13-12)10-6-4-3-5-7-10/h2-7,11-12H,1,8-9H2/t11-,12+/m1/s1. The van der Waals surface area contributed by atoms with Crippen LogP contribution in [0.2, 0.25) is 0 Å². The minimum atomic E-state index is 0.255. The van der Waals surface area contributed by atoms with Crippen molar-refractivity contribution in [2.75, 3.05) is 6.61 Å². The van der Waals surface area contributed by atoms with Crippen molar-refractivity contribution in [1.82, 2.24) is 0 Å². The zero-order valence-electron chi connectivity index (χ0n) is 7.65.